The molecular formula is C13H13FO. The van der Waals surface area contributed by atoms with Gasteiger partial charge in [-0.15, -0.1) is 0 Å². The van der Waals surface area contributed by atoms with E-state index in [1.807, 2.05) is 37.3 Å². The van der Waals surface area contributed by atoms with Crippen molar-refractivity contribution < 1.29 is 9.13 Å². The largest absolute Gasteiger partial charge is 0.459 e. The van der Waals surface area contributed by atoms with Gasteiger partial charge < -0.3 is 4.74 Å². The first-order valence-electron chi connectivity index (χ1n) is 5.01. The minimum Gasteiger partial charge on any atom is -0.459 e. The lowest BCUT2D eigenvalue weighted by Crippen LogP contribution is -2.11. The normalized spacial score (nSPS) is 19.9. The van der Waals surface area contributed by atoms with Crippen LogP contribution < -0.4 is 4.74 Å². The first kappa shape index (κ1) is 9.97. The molecule has 0 saturated carbocycles. The number of ether oxygens (including phenoxy) is 1. The second-order valence-corrected chi connectivity index (χ2v) is 3.62. The fourth-order valence-electron chi connectivity index (χ4n) is 1.49. The molecule has 2 rings (SSSR count). The van der Waals surface area contributed by atoms with Crippen LogP contribution in [0.2, 0.25) is 0 Å². The third-order valence-corrected chi connectivity index (χ3v) is 2.27. The van der Waals surface area contributed by atoms with Crippen LogP contribution in [0.5, 0.6) is 5.75 Å². The zero-order valence-corrected chi connectivity index (χ0v) is 8.61. The maximum Gasteiger partial charge on any atom is 0.161 e. The molecule has 0 saturated heterocycles. The van der Waals surface area contributed by atoms with Crippen LogP contribution in [0.3, 0.4) is 0 Å². The van der Waals surface area contributed by atoms with Crippen LogP contribution in [0.25, 0.3) is 0 Å². The van der Waals surface area contributed by atoms with Gasteiger partial charge in [-0.3, -0.25) is 0 Å². The Balaban J connectivity index is 2.14. The Bertz CT molecular complexity index is 407. The Kier molecular flexibility index (Phi) is 2.86. The van der Waals surface area contributed by atoms with Crippen molar-refractivity contribution in [3.63, 3.8) is 0 Å². The highest BCUT2D eigenvalue weighted by Gasteiger charge is 2.15. The van der Waals surface area contributed by atoms with Crippen LogP contribution in [0.4, 0.5) is 4.39 Å². The molecule has 0 spiro atoms. The first-order valence-corrected chi connectivity index (χ1v) is 5.01. The van der Waals surface area contributed by atoms with Gasteiger partial charge in [0.05, 0.1) is 0 Å². The Morgan fingerprint density at radius 3 is 3.00 bits per heavy atom. The van der Waals surface area contributed by atoms with Crippen molar-refractivity contribution in [2.24, 2.45) is 0 Å². The maximum atomic E-state index is 13.4. The van der Waals surface area contributed by atoms with Crippen molar-refractivity contribution in [2.45, 2.75) is 19.5 Å². The molecule has 0 amide bonds. The third-order valence-electron chi connectivity index (χ3n) is 2.27. The van der Waals surface area contributed by atoms with Crippen LogP contribution >= 0.6 is 0 Å². The Morgan fingerprint density at radius 1 is 1.40 bits per heavy atom. The molecule has 0 aromatic heterocycles. The summed E-state index contributed by atoms with van der Waals surface area (Å²) in [5, 5.41) is 0. The van der Waals surface area contributed by atoms with E-state index in [-0.39, 0.29) is 0 Å². The second-order valence-electron chi connectivity index (χ2n) is 3.62. The van der Waals surface area contributed by atoms with Crippen LogP contribution in [0.1, 0.15) is 12.0 Å². The first-order chi connectivity index (χ1) is 7.25. The predicted molar refractivity (Wildman–Crippen MR) is 58.5 cm³/mol. The molecule has 0 radical (unpaired) electrons. The van der Waals surface area contributed by atoms with Crippen LogP contribution in [0.15, 0.2) is 48.3 Å². The lowest BCUT2D eigenvalue weighted by atomic mass is 10.1. The fourth-order valence-corrected chi connectivity index (χ4v) is 1.49. The van der Waals surface area contributed by atoms with Gasteiger partial charge in [-0.25, -0.2) is 4.39 Å². The molecule has 0 fully saturated rings. The van der Waals surface area contributed by atoms with Crippen molar-refractivity contribution in [3.05, 3.63) is 53.8 Å². The van der Waals surface area contributed by atoms with Crippen LogP contribution in [0, 0.1) is 6.92 Å². The Morgan fingerprint density at radius 2 is 2.27 bits per heavy atom. The van der Waals surface area contributed by atoms with Gasteiger partial charge in [-0.1, -0.05) is 24.3 Å². The van der Waals surface area contributed by atoms with E-state index in [2.05, 4.69) is 0 Å². The monoisotopic (exact) mass is 204 g/mol. The van der Waals surface area contributed by atoms with Gasteiger partial charge in [-0.05, 0) is 30.7 Å². The van der Waals surface area contributed by atoms with Crippen molar-refractivity contribution in [3.8, 4) is 5.75 Å². The molecule has 0 aliphatic heterocycles. The van der Waals surface area contributed by atoms with E-state index < -0.39 is 6.17 Å². The molecule has 1 atom stereocenters. The van der Waals surface area contributed by atoms with Gasteiger partial charge in [0.25, 0.3) is 0 Å². The summed E-state index contributed by atoms with van der Waals surface area (Å²) in [5.41, 5.74) is 1.11. The van der Waals surface area contributed by atoms with Crippen molar-refractivity contribution >= 4 is 0 Å². The average Bonchev–Trinajstić information content (AvgIpc) is 2.22. The van der Waals surface area contributed by atoms with E-state index in [4.69, 9.17) is 4.74 Å². The molecule has 2 heteroatoms. The summed E-state index contributed by atoms with van der Waals surface area (Å²) < 4.78 is 18.9. The molecule has 1 aromatic carbocycles. The van der Waals surface area contributed by atoms with E-state index in [9.17, 15) is 4.39 Å². The fraction of sp³-hybridized carbons (Fsp3) is 0.231. The lowest BCUT2D eigenvalue weighted by molar-refractivity contribution is 0.272. The molecule has 0 heterocycles. The molecule has 1 aliphatic carbocycles. The number of benzene rings is 1. The van der Waals surface area contributed by atoms with Gasteiger partial charge in [0, 0.05) is 6.42 Å². The second kappa shape index (κ2) is 4.30. The molecule has 0 bridgehead atoms. The molecule has 1 nitrogen and oxygen atoms in total. The number of halogens is 1. The van der Waals surface area contributed by atoms with Crippen LogP contribution in [-0.2, 0) is 0 Å². The molecule has 15 heavy (non-hydrogen) atoms. The third kappa shape index (κ3) is 2.46. The quantitative estimate of drug-likeness (QED) is 0.715. The number of hydrogen-bond acceptors (Lipinski definition) is 1. The molecular weight excluding hydrogens is 191 g/mol. The smallest absolute Gasteiger partial charge is 0.161 e. The molecule has 1 aliphatic rings. The van der Waals surface area contributed by atoms with Crippen LogP contribution in [-0.4, -0.2) is 6.17 Å². The molecule has 0 N–H and O–H groups in total. The van der Waals surface area contributed by atoms with Crippen molar-refractivity contribution in [1.29, 1.82) is 0 Å². The highest BCUT2D eigenvalue weighted by atomic mass is 19.1. The molecule has 1 unspecified atom stereocenters. The zero-order chi connectivity index (χ0) is 10.7. The standard InChI is InChI=1S/C13H13FO/c1-10-5-4-6-11(9-10)15-13-8-3-2-7-12(13)14/h2-6,8-9,12H,7H2,1H3. The Hall–Kier alpha value is -1.57. The van der Waals surface area contributed by atoms with Gasteiger partial charge >= 0.3 is 0 Å². The summed E-state index contributed by atoms with van der Waals surface area (Å²) in [4.78, 5) is 0. The number of hydrogen-bond donors (Lipinski definition) is 0. The summed E-state index contributed by atoms with van der Waals surface area (Å²) in [5.74, 6) is 1.09. The summed E-state index contributed by atoms with van der Waals surface area (Å²) >= 11 is 0. The zero-order valence-electron chi connectivity index (χ0n) is 8.61. The molecule has 1 aromatic rings. The van der Waals surface area contributed by atoms with Gasteiger partial charge in [-0.2, -0.15) is 0 Å². The topological polar surface area (TPSA) is 9.23 Å². The average molecular weight is 204 g/mol. The van der Waals surface area contributed by atoms with Gasteiger partial charge in [0.2, 0.25) is 0 Å². The lowest BCUT2D eigenvalue weighted by Gasteiger charge is -2.15. The molecule has 78 valence electrons. The van der Waals surface area contributed by atoms with Gasteiger partial charge in [0.15, 0.2) is 6.17 Å². The summed E-state index contributed by atoms with van der Waals surface area (Å²) in [6.45, 7) is 1.98. The predicted octanol–water partition coefficient (Wildman–Crippen LogP) is 3.56. The van der Waals surface area contributed by atoms with E-state index in [1.54, 1.807) is 12.2 Å². The summed E-state index contributed by atoms with van der Waals surface area (Å²) in [7, 11) is 0. The van der Waals surface area contributed by atoms with E-state index in [1.165, 1.54) is 0 Å². The summed E-state index contributed by atoms with van der Waals surface area (Å²) in [6, 6.07) is 7.61. The highest BCUT2D eigenvalue weighted by Crippen LogP contribution is 2.22. The number of rotatable bonds is 2. The van der Waals surface area contributed by atoms with Crippen molar-refractivity contribution in [2.75, 3.05) is 0 Å². The van der Waals surface area contributed by atoms with E-state index >= 15 is 0 Å². The Labute approximate surface area is 88.9 Å². The van der Waals surface area contributed by atoms with Gasteiger partial charge in [0.1, 0.15) is 11.5 Å². The minimum atomic E-state index is -1.02. The van der Waals surface area contributed by atoms with E-state index in [0.717, 1.165) is 5.56 Å². The van der Waals surface area contributed by atoms with Crippen molar-refractivity contribution in [1.82, 2.24) is 0 Å². The number of alkyl halides is 1. The summed E-state index contributed by atoms with van der Waals surface area (Å²) in [6.07, 6.45) is 4.68. The number of allylic oxidation sites excluding steroid dienone is 4. The SMILES string of the molecule is Cc1cccc(OC2=CC=CCC2F)c1. The minimum absolute atomic E-state index is 0.392. The van der Waals surface area contributed by atoms with E-state index in [0.29, 0.717) is 17.9 Å². The highest BCUT2D eigenvalue weighted by molar-refractivity contribution is 5.30. The maximum absolute atomic E-state index is 13.4. The number of aryl methyl sites for hydroxylation is 1.